The van der Waals surface area contributed by atoms with Gasteiger partial charge in [-0.05, 0) is 29.8 Å². The lowest BCUT2D eigenvalue weighted by Gasteiger charge is -2.01. The van der Waals surface area contributed by atoms with Crippen LogP contribution in [0.2, 0.25) is 0 Å². The largest absolute Gasteiger partial charge is 0.497 e. The Morgan fingerprint density at radius 1 is 1.26 bits per heavy atom. The highest BCUT2D eigenvalue weighted by atomic mass is 79.9. The van der Waals surface area contributed by atoms with Crippen molar-refractivity contribution in [1.29, 1.82) is 0 Å². The summed E-state index contributed by atoms with van der Waals surface area (Å²) in [4.78, 5) is 4.51. The van der Waals surface area contributed by atoms with Crippen LogP contribution in [0, 0.1) is 0 Å². The number of hydrogen-bond acceptors (Lipinski definition) is 3. The zero-order valence-electron chi connectivity index (χ0n) is 10.4. The predicted molar refractivity (Wildman–Crippen MR) is 76.5 cm³/mol. The molecule has 0 atom stereocenters. The molecule has 0 radical (unpaired) electrons. The third-order valence-corrected chi connectivity index (χ3v) is 3.33. The number of ether oxygens (including phenoxy) is 1. The van der Waals surface area contributed by atoms with Crippen LogP contribution in [0.25, 0.3) is 5.65 Å². The molecule has 0 amide bonds. The summed E-state index contributed by atoms with van der Waals surface area (Å²) >= 11 is 3.43. The first-order valence-corrected chi connectivity index (χ1v) is 6.67. The number of rotatable bonds is 3. The molecule has 3 aromatic rings. The molecule has 0 N–H and O–H groups in total. The Kier molecular flexibility index (Phi) is 3.21. The minimum atomic E-state index is 0.691. The van der Waals surface area contributed by atoms with Crippen molar-refractivity contribution >= 4 is 21.6 Å². The second kappa shape index (κ2) is 5.01. The molecule has 0 aliphatic heterocycles. The number of nitrogens with zero attached hydrogens (tertiary/aromatic N) is 3. The van der Waals surface area contributed by atoms with Crippen LogP contribution in [0.15, 0.2) is 47.1 Å². The van der Waals surface area contributed by atoms with Gasteiger partial charge in [-0.3, -0.25) is 0 Å². The molecule has 0 fully saturated rings. The predicted octanol–water partition coefficient (Wildman–Crippen LogP) is 3.09. The van der Waals surface area contributed by atoms with Gasteiger partial charge in [0.2, 0.25) is 0 Å². The van der Waals surface area contributed by atoms with Gasteiger partial charge in [0.1, 0.15) is 5.75 Å². The number of aromatic nitrogens is 3. The van der Waals surface area contributed by atoms with Crippen molar-refractivity contribution < 1.29 is 4.74 Å². The van der Waals surface area contributed by atoms with Crippen molar-refractivity contribution in [2.45, 2.75) is 6.42 Å². The van der Waals surface area contributed by atoms with E-state index in [2.05, 4.69) is 26.0 Å². The maximum absolute atomic E-state index is 5.21. The van der Waals surface area contributed by atoms with Gasteiger partial charge in [-0.2, -0.15) is 5.10 Å². The lowest BCUT2D eigenvalue weighted by atomic mass is 10.1. The van der Waals surface area contributed by atoms with E-state index >= 15 is 0 Å². The third-order valence-electron chi connectivity index (χ3n) is 2.84. The first kappa shape index (κ1) is 12.2. The van der Waals surface area contributed by atoms with Crippen molar-refractivity contribution in [3.63, 3.8) is 0 Å². The molecule has 2 heterocycles. The first-order chi connectivity index (χ1) is 9.24. The smallest absolute Gasteiger partial charge is 0.156 e. The number of methoxy groups -OCH3 is 1. The SMILES string of the molecule is COc1cccc(Cc2nc3cc(Br)ccn3n2)c1. The van der Waals surface area contributed by atoms with E-state index in [1.807, 2.05) is 42.6 Å². The molecular weight excluding hydrogens is 306 g/mol. The highest BCUT2D eigenvalue weighted by molar-refractivity contribution is 9.10. The van der Waals surface area contributed by atoms with Crippen LogP contribution in [0.3, 0.4) is 0 Å². The summed E-state index contributed by atoms with van der Waals surface area (Å²) in [5, 5.41) is 4.45. The van der Waals surface area contributed by atoms with E-state index in [1.165, 1.54) is 0 Å². The molecular formula is C14H12BrN3O. The topological polar surface area (TPSA) is 39.4 Å². The summed E-state index contributed by atoms with van der Waals surface area (Å²) in [7, 11) is 1.67. The number of halogens is 1. The van der Waals surface area contributed by atoms with Crippen LogP contribution < -0.4 is 4.74 Å². The number of pyridine rings is 1. The number of hydrogen-bond donors (Lipinski definition) is 0. The molecule has 0 spiro atoms. The highest BCUT2D eigenvalue weighted by Crippen LogP contribution is 2.16. The molecule has 3 rings (SSSR count). The molecule has 2 aromatic heterocycles. The van der Waals surface area contributed by atoms with Crippen LogP contribution in [0.5, 0.6) is 5.75 Å². The van der Waals surface area contributed by atoms with Crippen molar-refractivity contribution in [3.05, 3.63) is 58.5 Å². The van der Waals surface area contributed by atoms with Crippen LogP contribution in [0.4, 0.5) is 0 Å². The van der Waals surface area contributed by atoms with Gasteiger partial charge >= 0.3 is 0 Å². The number of benzene rings is 1. The van der Waals surface area contributed by atoms with Crippen molar-refractivity contribution in [3.8, 4) is 5.75 Å². The van der Waals surface area contributed by atoms with E-state index in [1.54, 1.807) is 11.6 Å². The molecule has 0 saturated heterocycles. The molecule has 0 aliphatic rings. The molecule has 0 saturated carbocycles. The Hall–Kier alpha value is -1.88. The lowest BCUT2D eigenvalue weighted by molar-refractivity contribution is 0.414. The van der Waals surface area contributed by atoms with Gasteiger partial charge in [0.25, 0.3) is 0 Å². The van der Waals surface area contributed by atoms with E-state index in [-0.39, 0.29) is 0 Å². The lowest BCUT2D eigenvalue weighted by Crippen LogP contribution is -1.93. The summed E-state index contributed by atoms with van der Waals surface area (Å²) in [5.74, 6) is 1.65. The zero-order chi connectivity index (χ0) is 13.2. The van der Waals surface area contributed by atoms with Gasteiger partial charge in [-0.1, -0.05) is 28.1 Å². The second-order valence-corrected chi connectivity index (χ2v) is 5.12. The molecule has 1 aromatic carbocycles. The molecule has 0 unspecified atom stereocenters. The second-order valence-electron chi connectivity index (χ2n) is 4.20. The number of fused-ring (bicyclic) bond motifs is 1. The molecule has 4 nitrogen and oxygen atoms in total. The Labute approximate surface area is 119 Å². The minimum absolute atomic E-state index is 0.691. The van der Waals surface area contributed by atoms with Crippen LogP contribution in [-0.2, 0) is 6.42 Å². The van der Waals surface area contributed by atoms with Gasteiger partial charge in [0, 0.05) is 17.1 Å². The average Bonchev–Trinajstić information content (AvgIpc) is 2.80. The fourth-order valence-electron chi connectivity index (χ4n) is 1.94. The highest BCUT2D eigenvalue weighted by Gasteiger charge is 2.05. The summed E-state index contributed by atoms with van der Waals surface area (Å²) in [6.07, 6.45) is 2.58. The summed E-state index contributed by atoms with van der Waals surface area (Å²) < 4.78 is 7.99. The fourth-order valence-corrected chi connectivity index (χ4v) is 2.27. The van der Waals surface area contributed by atoms with Gasteiger partial charge in [0.05, 0.1) is 7.11 Å². The Bertz CT molecular complexity index is 724. The molecule has 0 aliphatic carbocycles. The van der Waals surface area contributed by atoms with Gasteiger partial charge in [-0.15, -0.1) is 0 Å². The van der Waals surface area contributed by atoms with E-state index in [9.17, 15) is 0 Å². The maximum atomic E-state index is 5.21. The molecule has 0 bridgehead atoms. The summed E-state index contributed by atoms with van der Waals surface area (Å²) in [6, 6.07) is 11.8. The van der Waals surface area contributed by atoms with Crippen LogP contribution >= 0.6 is 15.9 Å². The Balaban J connectivity index is 1.92. The maximum Gasteiger partial charge on any atom is 0.156 e. The van der Waals surface area contributed by atoms with E-state index < -0.39 is 0 Å². The van der Waals surface area contributed by atoms with Crippen molar-refractivity contribution in [2.75, 3.05) is 7.11 Å². The van der Waals surface area contributed by atoms with Crippen molar-refractivity contribution in [1.82, 2.24) is 14.6 Å². The molecule has 96 valence electrons. The summed E-state index contributed by atoms with van der Waals surface area (Å²) in [5.41, 5.74) is 1.97. The van der Waals surface area contributed by atoms with E-state index in [0.717, 1.165) is 27.3 Å². The average molecular weight is 318 g/mol. The normalized spacial score (nSPS) is 10.8. The van der Waals surface area contributed by atoms with Crippen LogP contribution in [0.1, 0.15) is 11.4 Å². The first-order valence-electron chi connectivity index (χ1n) is 5.88. The Morgan fingerprint density at radius 3 is 3.00 bits per heavy atom. The van der Waals surface area contributed by atoms with Crippen molar-refractivity contribution in [2.24, 2.45) is 0 Å². The monoisotopic (exact) mass is 317 g/mol. The quantitative estimate of drug-likeness (QED) is 0.745. The minimum Gasteiger partial charge on any atom is -0.497 e. The summed E-state index contributed by atoms with van der Waals surface area (Å²) in [6.45, 7) is 0. The third kappa shape index (κ3) is 2.61. The molecule has 5 heteroatoms. The van der Waals surface area contributed by atoms with Crippen LogP contribution in [-0.4, -0.2) is 21.7 Å². The standard InChI is InChI=1S/C14H12BrN3O/c1-19-12-4-2-3-10(7-12)8-13-16-14-9-11(15)5-6-18(14)17-13/h2-7,9H,8H2,1H3. The fraction of sp³-hybridized carbons (Fsp3) is 0.143. The zero-order valence-corrected chi connectivity index (χ0v) is 12.0. The molecule has 19 heavy (non-hydrogen) atoms. The van der Waals surface area contributed by atoms with E-state index in [0.29, 0.717) is 6.42 Å². The van der Waals surface area contributed by atoms with E-state index in [4.69, 9.17) is 4.74 Å². The van der Waals surface area contributed by atoms with Gasteiger partial charge in [0.15, 0.2) is 11.5 Å². The Morgan fingerprint density at radius 2 is 2.16 bits per heavy atom. The van der Waals surface area contributed by atoms with Gasteiger partial charge < -0.3 is 4.74 Å². The van der Waals surface area contributed by atoms with Gasteiger partial charge in [-0.25, -0.2) is 9.50 Å².